The maximum Gasteiger partial charge on any atom is 0.241 e. The molecule has 1 amide bonds. The normalized spacial score (nSPS) is 18.3. The zero-order valence-electron chi connectivity index (χ0n) is 16.6. The topological polar surface area (TPSA) is 54.0 Å². The standard InChI is InChI=1S/C22H26ClN3O3/c1-16(22(27)24-19-5-6-20-21(14-19)29-12-11-28-20)26-9-7-25(8-10-26)15-17-3-2-4-18(23)13-17/h2-6,13-14,16H,7-12,15H2,1H3,(H,24,27)/t16-/m0/s1. The van der Waals surface area contributed by atoms with Crippen LogP contribution in [0.5, 0.6) is 11.5 Å². The Hall–Kier alpha value is -2.28. The molecule has 0 unspecified atom stereocenters. The molecule has 2 aliphatic heterocycles. The van der Waals surface area contributed by atoms with Crippen molar-refractivity contribution in [2.75, 3.05) is 44.7 Å². The van der Waals surface area contributed by atoms with Gasteiger partial charge in [0.2, 0.25) is 5.91 Å². The van der Waals surface area contributed by atoms with Crippen molar-refractivity contribution >= 4 is 23.2 Å². The van der Waals surface area contributed by atoms with Gasteiger partial charge in [0.25, 0.3) is 0 Å². The van der Waals surface area contributed by atoms with E-state index in [2.05, 4.69) is 21.2 Å². The van der Waals surface area contributed by atoms with Crippen molar-refractivity contribution in [3.63, 3.8) is 0 Å². The summed E-state index contributed by atoms with van der Waals surface area (Å²) in [6.45, 7) is 7.49. The van der Waals surface area contributed by atoms with Crippen LogP contribution in [0.4, 0.5) is 5.69 Å². The number of amides is 1. The minimum atomic E-state index is -0.198. The smallest absolute Gasteiger partial charge is 0.241 e. The lowest BCUT2D eigenvalue weighted by atomic mass is 10.1. The van der Waals surface area contributed by atoms with Gasteiger partial charge in [0.05, 0.1) is 6.04 Å². The Morgan fingerprint density at radius 2 is 1.83 bits per heavy atom. The molecule has 0 saturated carbocycles. The van der Waals surface area contributed by atoms with Crippen LogP contribution in [-0.2, 0) is 11.3 Å². The first-order valence-electron chi connectivity index (χ1n) is 10.00. The summed E-state index contributed by atoms with van der Waals surface area (Å²) in [4.78, 5) is 17.4. The Bertz CT molecular complexity index is 868. The van der Waals surface area contributed by atoms with E-state index in [1.54, 1.807) is 0 Å². The van der Waals surface area contributed by atoms with Crippen LogP contribution in [0, 0.1) is 0 Å². The van der Waals surface area contributed by atoms with Crippen LogP contribution in [0.2, 0.25) is 5.02 Å². The molecule has 0 radical (unpaired) electrons. The van der Waals surface area contributed by atoms with E-state index in [0.717, 1.165) is 49.2 Å². The molecule has 1 N–H and O–H groups in total. The molecule has 2 aromatic rings. The lowest BCUT2D eigenvalue weighted by molar-refractivity contribution is -0.121. The predicted octanol–water partition coefficient (Wildman–Crippen LogP) is 3.26. The third-order valence-corrected chi connectivity index (χ3v) is 5.67. The van der Waals surface area contributed by atoms with E-state index in [9.17, 15) is 4.79 Å². The summed E-state index contributed by atoms with van der Waals surface area (Å²) in [6, 6.07) is 13.3. The Balaban J connectivity index is 1.28. The fraction of sp³-hybridized carbons (Fsp3) is 0.409. The molecule has 2 aliphatic rings. The van der Waals surface area contributed by atoms with Crippen molar-refractivity contribution in [1.82, 2.24) is 9.80 Å². The van der Waals surface area contributed by atoms with Crippen LogP contribution in [0.15, 0.2) is 42.5 Å². The van der Waals surface area contributed by atoms with Crippen LogP contribution in [0.25, 0.3) is 0 Å². The zero-order chi connectivity index (χ0) is 20.2. The largest absolute Gasteiger partial charge is 0.486 e. The fourth-order valence-corrected chi connectivity index (χ4v) is 3.95. The second-order valence-corrected chi connectivity index (χ2v) is 7.90. The van der Waals surface area contributed by atoms with E-state index < -0.39 is 0 Å². The number of halogens is 1. The summed E-state index contributed by atoms with van der Waals surface area (Å²) in [5.74, 6) is 1.39. The van der Waals surface area contributed by atoms with Crippen molar-refractivity contribution in [2.24, 2.45) is 0 Å². The number of rotatable bonds is 5. The number of anilines is 1. The Morgan fingerprint density at radius 1 is 1.07 bits per heavy atom. The number of hydrogen-bond donors (Lipinski definition) is 1. The number of benzene rings is 2. The predicted molar refractivity (Wildman–Crippen MR) is 114 cm³/mol. The fourth-order valence-electron chi connectivity index (χ4n) is 3.74. The number of nitrogens with one attached hydrogen (secondary N) is 1. The first-order chi connectivity index (χ1) is 14.1. The molecule has 0 spiro atoms. The Kier molecular flexibility index (Phi) is 6.23. The van der Waals surface area contributed by atoms with Crippen LogP contribution >= 0.6 is 11.6 Å². The highest BCUT2D eigenvalue weighted by Gasteiger charge is 2.26. The van der Waals surface area contributed by atoms with E-state index in [1.807, 2.05) is 43.3 Å². The highest BCUT2D eigenvalue weighted by atomic mass is 35.5. The molecule has 1 atom stereocenters. The van der Waals surface area contributed by atoms with Crippen LogP contribution in [0.3, 0.4) is 0 Å². The van der Waals surface area contributed by atoms with Crippen molar-refractivity contribution in [2.45, 2.75) is 19.5 Å². The van der Waals surface area contributed by atoms with Gasteiger partial charge in [-0.15, -0.1) is 0 Å². The molecule has 0 bridgehead atoms. The molecule has 1 saturated heterocycles. The lowest BCUT2D eigenvalue weighted by Gasteiger charge is -2.37. The molecule has 6 nitrogen and oxygen atoms in total. The summed E-state index contributed by atoms with van der Waals surface area (Å²) in [7, 11) is 0. The van der Waals surface area contributed by atoms with E-state index in [-0.39, 0.29) is 11.9 Å². The average molecular weight is 416 g/mol. The van der Waals surface area contributed by atoms with Gasteiger partial charge in [0.15, 0.2) is 11.5 Å². The molecule has 0 aliphatic carbocycles. The molecule has 4 rings (SSSR count). The highest BCUT2D eigenvalue weighted by molar-refractivity contribution is 6.30. The van der Waals surface area contributed by atoms with Gasteiger partial charge < -0.3 is 14.8 Å². The Morgan fingerprint density at radius 3 is 2.59 bits per heavy atom. The molecular formula is C22H26ClN3O3. The van der Waals surface area contributed by atoms with Crippen molar-refractivity contribution in [3.8, 4) is 11.5 Å². The zero-order valence-corrected chi connectivity index (χ0v) is 17.3. The average Bonchev–Trinajstić information content (AvgIpc) is 2.74. The van der Waals surface area contributed by atoms with Gasteiger partial charge in [-0.05, 0) is 36.8 Å². The van der Waals surface area contributed by atoms with Crippen molar-refractivity contribution < 1.29 is 14.3 Å². The van der Waals surface area contributed by atoms with Crippen LogP contribution < -0.4 is 14.8 Å². The highest BCUT2D eigenvalue weighted by Crippen LogP contribution is 2.32. The molecule has 0 aromatic heterocycles. The summed E-state index contributed by atoms with van der Waals surface area (Å²) in [5, 5.41) is 3.77. The third-order valence-electron chi connectivity index (χ3n) is 5.44. The number of carbonyl (C=O) groups excluding carboxylic acids is 1. The van der Waals surface area contributed by atoms with E-state index >= 15 is 0 Å². The van der Waals surface area contributed by atoms with E-state index in [4.69, 9.17) is 21.1 Å². The number of nitrogens with zero attached hydrogens (tertiary/aromatic N) is 2. The summed E-state index contributed by atoms with van der Waals surface area (Å²) < 4.78 is 11.1. The van der Waals surface area contributed by atoms with Gasteiger partial charge in [-0.3, -0.25) is 14.6 Å². The van der Waals surface area contributed by atoms with Crippen molar-refractivity contribution in [3.05, 3.63) is 53.1 Å². The maximum absolute atomic E-state index is 12.7. The first-order valence-corrected chi connectivity index (χ1v) is 10.4. The molecule has 154 valence electrons. The first kappa shape index (κ1) is 20.0. The number of ether oxygens (including phenoxy) is 2. The lowest BCUT2D eigenvalue weighted by Crippen LogP contribution is -2.52. The van der Waals surface area contributed by atoms with Crippen molar-refractivity contribution in [1.29, 1.82) is 0 Å². The molecule has 2 aromatic carbocycles. The maximum atomic E-state index is 12.7. The number of carbonyl (C=O) groups is 1. The summed E-state index contributed by atoms with van der Waals surface area (Å²) in [5.41, 5.74) is 1.95. The molecule has 2 heterocycles. The molecule has 7 heteroatoms. The van der Waals surface area contributed by atoms with Gasteiger partial charge in [-0.1, -0.05) is 23.7 Å². The number of fused-ring (bicyclic) bond motifs is 1. The van der Waals surface area contributed by atoms with Crippen LogP contribution in [-0.4, -0.2) is 61.1 Å². The third kappa shape index (κ3) is 5.01. The van der Waals surface area contributed by atoms with Gasteiger partial charge in [0, 0.05) is 49.5 Å². The van der Waals surface area contributed by atoms with Gasteiger partial charge >= 0.3 is 0 Å². The minimum Gasteiger partial charge on any atom is -0.486 e. The quantitative estimate of drug-likeness (QED) is 0.812. The summed E-state index contributed by atoms with van der Waals surface area (Å²) >= 11 is 6.08. The SMILES string of the molecule is C[C@@H](C(=O)Nc1ccc2c(c1)OCCO2)N1CCN(Cc2cccc(Cl)c2)CC1. The van der Waals surface area contributed by atoms with E-state index in [0.29, 0.717) is 19.0 Å². The number of hydrogen-bond acceptors (Lipinski definition) is 5. The van der Waals surface area contributed by atoms with Gasteiger partial charge in [-0.25, -0.2) is 0 Å². The van der Waals surface area contributed by atoms with Crippen LogP contribution in [0.1, 0.15) is 12.5 Å². The second-order valence-electron chi connectivity index (χ2n) is 7.47. The number of piperazine rings is 1. The molecule has 1 fully saturated rings. The summed E-state index contributed by atoms with van der Waals surface area (Å²) in [6.07, 6.45) is 0. The van der Waals surface area contributed by atoms with E-state index in [1.165, 1.54) is 5.56 Å². The minimum absolute atomic E-state index is 0.00929. The van der Waals surface area contributed by atoms with Gasteiger partial charge in [0.1, 0.15) is 13.2 Å². The Labute approximate surface area is 176 Å². The monoisotopic (exact) mass is 415 g/mol. The molecular weight excluding hydrogens is 390 g/mol. The molecule has 29 heavy (non-hydrogen) atoms. The van der Waals surface area contributed by atoms with Gasteiger partial charge in [-0.2, -0.15) is 0 Å². The second kappa shape index (κ2) is 9.03.